The Labute approximate surface area is 186 Å². The molecular formula is C23H26FN7O. The molecule has 0 unspecified atom stereocenters. The number of piperazine rings is 1. The molecule has 1 saturated heterocycles. The van der Waals surface area contributed by atoms with E-state index in [1.807, 2.05) is 0 Å². The summed E-state index contributed by atoms with van der Waals surface area (Å²) in [6.45, 7) is 7.43. The van der Waals surface area contributed by atoms with E-state index in [0.717, 1.165) is 26.2 Å². The van der Waals surface area contributed by atoms with Gasteiger partial charge in [0.1, 0.15) is 17.8 Å². The minimum Gasteiger partial charge on any atom is -0.393 e. The molecule has 9 heteroatoms. The number of hydrazine groups is 1. The molecule has 1 aliphatic rings. The van der Waals surface area contributed by atoms with Crippen molar-refractivity contribution in [3.05, 3.63) is 71.3 Å². The van der Waals surface area contributed by atoms with E-state index in [9.17, 15) is 9.18 Å². The highest BCUT2D eigenvalue weighted by molar-refractivity contribution is 5.95. The number of halogens is 1. The molecule has 0 atom stereocenters. The monoisotopic (exact) mass is 435 g/mol. The molecular weight excluding hydrogens is 409 g/mol. The van der Waals surface area contributed by atoms with Gasteiger partial charge in [-0.25, -0.2) is 14.4 Å². The first-order chi connectivity index (χ1) is 15.5. The Hall–Kier alpha value is -3.88. The number of carbonyl (C=O) groups is 1. The zero-order valence-electron chi connectivity index (χ0n) is 18.1. The van der Waals surface area contributed by atoms with E-state index < -0.39 is 11.7 Å². The lowest BCUT2D eigenvalue weighted by molar-refractivity contribution is 0.0958. The van der Waals surface area contributed by atoms with Gasteiger partial charge >= 0.3 is 0 Å². The lowest BCUT2D eigenvalue weighted by atomic mass is 10.1. The number of hydrogen-bond acceptors (Lipinski definition) is 7. The van der Waals surface area contributed by atoms with Gasteiger partial charge in [0.2, 0.25) is 0 Å². The number of nitrogens with two attached hydrogens (primary N) is 1. The van der Waals surface area contributed by atoms with Crippen molar-refractivity contribution in [1.82, 2.24) is 15.4 Å². The third-order valence-corrected chi connectivity index (χ3v) is 5.77. The van der Waals surface area contributed by atoms with Gasteiger partial charge in [-0.2, -0.15) is 0 Å². The van der Waals surface area contributed by atoms with Crippen LogP contribution in [0.1, 0.15) is 21.5 Å². The van der Waals surface area contributed by atoms with Crippen LogP contribution in [0.5, 0.6) is 0 Å². The number of amides is 1. The number of anilines is 4. The first-order valence-electron chi connectivity index (χ1n) is 10.4. The molecule has 1 aliphatic heterocycles. The summed E-state index contributed by atoms with van der Waals surface area (Å²) in [5.74, 6) is -0.366. The van der Waals surface area contributed by atoms with Gasteiger partial charge in [-0.15, -0.1) is 0 Å². The van der Waals surface area contributed by atoms with Gasteiger partial charge in [-0.05, 0) is 43.2 Å². The van der Waals surface area contributed by atoms with Gasteiger partial charge < -0.3 is 15.5 Å². The molecule has 0 aliphatic carbocycles. The van der Waals surface area contributed by atoms with Crippen molar-refractivity contribution in [3.8, 4) is 0 Å². The number of hydrogen-bond donors (Lipinski definition) is 3. The Morgan fingerprint density at radius 3 is 2.47 bits per heavy atom. The fraction of sp³-hybridized carbons (Fsp3) is 0.261. The van der Waals surface area contributed by atoms with Crippen molar-refractivity contribution >= 4 is 28.9 Å². The fourth-order valence-corrected chi connectivity index (χ4v) is 3.80. The summed E-state index contributed by atoms with van der Waals surface area (Å²) in [6, 6.07) is 12.1. The molecule has 166 valence electrons. The number of rotatable bonds is 5. The normalized spacial score (nSPS) is 13.7. The number of aromatic nitrogens is 2. The van der Waals surface area contributed by atoms with Crippen molar-refractivity contribution in [1.29, 1.82) is 0 Å². The van der Waals surface area contributed by atoms with Crippen LogP contribution in [0.25, 0.3) is 0 Å². The van der Waals surface area contributed by atoms with E-state index in [1.165, 1.54) is 41.3 Å². The van der Waals surface area contributed by atoms with E-state index >= 15 is 0 Å². The third-order valence-electron chi connectivity index (χ3n) is 5.77. The second-order valence-electron chi connectivity index (χ2n) is 7.71. The standard InChI is InChI=1S/C23H26FN7O/c1-15-6-5-9-19(16(15)2)30-10-12-31(13-11-30)22-20(25)21(26-14-27-22)28-29-23(32)17-7-3-4-8-18(17)24/h3-9,14H,10-13,25H2,1-2H3,(H,29,32)(H,26,27,28). The Bertz CT molecular complexity index is 1130. The Kier molecular flexibility index (Phi) is 6.07. The molecule has 0 radical (unpaired) electrons. The average molecular weight is 436 g/mol. The zero-order chi connectivity index (χ0) is 22.7. The van der Waals surface area contributed by atoms with Gasteiger partial charge in [0, 0.05) is 31.9 Å². The van der Waals surface area contributed by atoms with Crippen molar-refractivity contribution in [2.24, 2.45) is 0 Å². The Morgan fingerprint density at radius 1 is 1.00 bits per heavy atom. The molecule has 1 amide bonds. The van der Waals surface area contributed by atoms with Crippen LogP contribution in [-0.2, 0) is 0 Å². The molecule has 4 N–H and O–H groups in total. The summed E-state index contributed by atoms with van der Waals surface area (Å²) in [6.07, 6.45) is 1.39. The van der Waals surface area contributed by atoms with Gasteiger partial charge in [0.15, 0.2) is 11.6 Å². The van der Waals surface area contributed by atoms with E-state index in [1.54, 1.807) is 6.07 Å². The first kappa shape index (κ1) is 21.4. The molecule has 2 aromatic carbocycles. The fourth-order valence-electron chi connectivity index (χ4n) is 3.80. The molecule has 8 nitrogen and oxygen atoms in total. The molecule has 1 fully saturated rings. The number of benzene rings is 2. The highest BCUT2D eigenvalue weighted by Gasteiger charge is 2.23. The summed E-state index contributed by atoms with van der Waals surface area (Å²) in [5, 5.41) is 0. The highest BCUT2D eigenvalue weighted by Crippen LogP contribution is 2.29. The molecule has 4 rings (SSSR count). The first-order valence-corrected chi connectivity index (χ1v) is 10.4. The van der Waals surface area contributed by atoms with Crippen LogP contribution in [-0.4, -0.2) is 42.1 Å². The van der Waals surface area contributed by atoms with Crippen LogP contribution in [0.3, 0.4) is 0 Å². The van der Waals surface area contributed by atoms with Crippen LogP contribution in [0.2, 0.25) is 0 Å². The SMILES string of the molecule is Cc1cccc(N2CCN(c3ncnc(NNC(=O)c4ccccc4F)c3N)CC2)c1C. The second kappa shape index (κ2) is 9.09. The molecule has 0 saturated carbocycles. The number of nitrogen functional groups attached to an aromatic ring is 1. The van der Waals surface area contributed by atoms with Gasteiger partial charge in [0.05, 0.1) is 5.56 Å². The predicted octanol–water partition coefficient (Wildman–Crippen LogP) is 2.90. The molecule has 0 bridgehead atoms. The van der Waals surface area contributed by atoms with Crippen molar-refractivity contribution < 1.29 is 9.18 Å². The van der Waals surface area contributed by atoms with Crippen LogP contribution in [0.4, 0.5) is 27.4 Å². The van der Waals surface area contributed by atoms with E-state index in [2.05, 4.69) is 62.7 Å². The number of aryl methyl sites for hydroxylation is 1. The van der Waals surface area contributed by atoms with Crippen molar-refractivity contribution in [3.63, 3.8) is 0 Å². The summed E-state index contributed by atoms with van der Waals surface area (Å²) >= 11 is 0. The maximum atomic E-state index is 13.8. The van der Waals surface area contributed by atoms with Crippen LogP contribution in [0, 0.1) is 19.7 Å². The molecule has 2 heterocycles. The maximum absolute atomic E-state index is 13.8. The molecule has 32 heavy (non-hydrogen) atoms. The lowest BCUT2D eigenvalue weighted by Gasteiger charge is -2.38. The number of carbonyl (C=O) groups excluding carboxylic acids is 1. The number of nitrogens with one attached hydrogen (secondary N) is 2. The second-order valence-corrected chi connectivity index (χ2v) is 7.71. The Morgan fingerprint density at radius 2 is 1.72 bits per heavy atom. The molecule has 1 aromatic heterocycles. The van der Waals surface area contributed by atoms with Crippen LogP contribution < -0.4 is 26.4 Å². The topological polar surface area (TPSA) is 99.4 Å². The molecule has 3 aromatic rings. The van der Waals surface area contributed by atoms with Crippen molar-refractivity contribution in [2.45, 2.75) is 13.8 Å². The average Bonchev–Trinajstić information content (AvgIpc) is 2.80. The maximum Gasteiger partial charge on any atom is 0.272 e. The minimum absolute atomic E-state index is 0.0737. The van der Waals surface area contributed by atoms with Gasteiger partial charge in [-0.1, -0.05) is 24.3 Å². The van der Waals surface area contributed by atoms with Crippen LogP contribution in [0.15, 0.2) is 48.8 Å². The quantitative estimate of drug-likeness (QED) is 0.530. The smallest absolute Gasteiger partial charge is 0.272 e. The zero-order valence-corrected chi connectivity index (χ0v) is 18.1. The lowest BCUT2D eigenvalue weighted by Crippen LogP contribution is -2.47. The van der Waals surface area contributed by atoms with Crippen molar-refractivity contribution in [2.75, 3.05) is 47.1 Å². The highest BCUT2D eigenvalue weighted by atomic mass is 19.1. The van der Waals surface area contributed by atoms with E-state index in [4.69, 9.17) is 5.73 Å². The minimum atomic E-state index is -0.621. The molecule has 0 spiro atoms. The summed E-state index contributed by atoms with van der Waals surface area (Å²) < 4.78 is 13.8. The largest absolute Gasteiger partial charge is 0.393 e. The van der Waals surface area contributed by atoms with E-state index in [0.29, 0.717) is 11.5 Å². The number of nitrogens with zero attached hydrogens (tertiary/aromatic N) is 4. The predicted molar refractivity (Wildman–Crippen MR) is 124 cm³/mol. The Balaban J connectivity index is 1.42. The van der Waals surface area contributed by atoms with Crippen LogP contribution >= 0.6 is 0 Å². The summed E-state index contributed by atoms with van der Waals surface area (Å²) in [5.41, 5.74) is 15.5. The van der Waals surface area contributed by atoms with Gasteiger partial charge in [-0.3, -0.25) is 15.6 Å². The summed E-state index contributed by atoms with van der Waals surface area (Å²) in [4.78, 5) is 25.2. The van der Waals surface area contributed by atoms with Gasteiger partial charge in [0.25, 0.3) is 5.91 Å². The summed E-state index contributed by atoms with van der Waals surface area (Å²) in [7, 11) is 0. The third kappa shape index (κ3) is 4.27. The van der Waals surface area contributed by atoms with E-state index in [-0.39, 0.29) is 11.4 Å².